The van der Waals surface area contributed by atoms with E-state index in [0.29, 0.717) is 16.5 Å². The molecule has 1 aromatic carbocycles. The number of hydrogen-bond acceptors (Lipinski definition) is 3. The van der Waals surface area contributed by atoms with Crippen LogP contribution in [0.3, 0.4) is 0 Å². The predicted molar refractivity (Wildman–Crippen MR) is 73.5 cm³/mol. The average molecular weight is 274 g/mol. The van der Waals surface area contributed by atoms with E-state index in [1.807, 2.05) is 0 Å². The molecule has 0 saturated heterocycles. The van der Waals surface area contributed by atoms with Gasteiger partial charge in [0.05, 0.1) is 5.39 Å². The highest BCUT2D eigenvalue weighted by molar-refractivity contribution is 5.85. The number of carbonyl (C=O) groups is 2. The third kappa shape index (κ3) is 2.85. The van der Waals surface area contributed by atoms with Crippen molar-refractivity contribution >= 4 is 22.8 Å². The SMILES string of the molecule is CC(=O)NC(Cc1c[nH]c2ccccc(=O)c12)C(=O)O. The maximum Gasteiger partial charge on any atom is 0.326 e. The van der Waals surface area contributed by atoms with E-state index in [9.17, 15) is 14.4 Å². The highest BCUT2D eigenvalue weighted by Gasteiger charge is 2.20. The fraction of sp³-hybridized carbons (Fsp3) is 0.214. The molecule has 3 N–H and O–H groups in total. The van der Waals surface area contributed by atoms with Crippen molar-refractivity contribution in [3.8, 4) is 0 Å². The summed E-state index contributed by atoms with van der Waals surface area (Å²) in [6.07, 6.45) is 1.65. The van der Waals surface area contributed by atoms with Crippen molar-refractivity contribution in [1.29, 1.82) is 0 Å². The van der Waals surface area contributed by atoms with Gasteiger partial charge in [-0.15, -0.1) is 0 Å². The number of H-pyrrole nitrogens is 1. The normalized spacial score (nSPS) is 12.1. The maximum atomic E-state index is 12.0. The fourth-order valence-corrected chi connectivity index (χ4v) is 2.11. The molecular formula is C14H14N2O4. The molecule has 2 aromatic rings. The predicted octanol–water partition coefficient (Wildman–Crippen LogP) is 0.660. The van der Waals surface area contributed by atoms with E-state index in [-0.39, 0.29) is 11.8 Å². The van der Waals surface area contributed by atoms with Crippen molar-refractivity contribution in [1.82, 2.24) is 10.3 Å². The number of carbonyl (C=O) groups excluding carboxylic acids is 1. The van der Waals surface area contributed by atoms with Crippen LogP contribution < -0.4 is 10.7 Å². The van der Waals surface area contributed by atoms with Crippen LogP contribution in [0.15, 0.2) is 35.3 Å². The second kappa shape index (κ2) is 5.56. The van der Waals surface area contributed by atoms with Crippen LogP contribution in [0.5, 0.6) is 0 Å². The lowest BCUT2D eigenvalue weighted by molar-refractivity contribution is -0.141. The first kappa shape index (κ1) is 13.8. The van der Waals surface area contributed by atoms with Gasteiger partial charge in [-0.1, -0.05) is 12.1 Å². The number of aromatic nitrogens is 1. The zero-order valence-electron chi connectivity index (χ0n) is 10.8. The second-order valence-corrected chi connectivity index (χ2v) is 4.48. The lowest BCUT2D eigenvalue weighted by atomic mass is 10.1. The molecule has 20 heavy (non-hydrogen) atoms. The number of carboxylic acid groups (broad SMARTS) is 1. The molecule has 0 fully saturated rings. The molecule has 1 heterocycles. The summed E-state index contributed by atoms with van der Waals surface area (Å²) >= 11 is 0. The summed E-state index contributed by atoms with van der Waals surface area (Å²) in [6, 6.07) is 5.47. The van der Waals surface area contributed by atoms with E-state index < -0.39 is 17.9 Å². The van der Waals surface area contributed by atoms with Crippen LogP contribution in [-0.4, -0.2) is 28.0 Å². The van der Waals surface area contributed by atoms with Gasteiger partial charge < -0.3 is 15.4 Å². The van der Waals surface area contributed by atoms with E-state index >= 15 is 0 Å². The van der Waals surface area contributed by atoms with Crippen LogP contribution in [0.4, 0.5) is 0 Å². The van der Waals surface area contributed by atoms with Crippen molar-refractivity contribution in [2.75, 3.05) is 0 Å². The van der Waals surface area contributed by atoms with Crippen molar-refractivity contribution < 1.29 is 14.7 Å². The van der Waals surface area contributed by atoms with Gasteiger partial charge in [0.2, 0.25) is 5.91 Å². The van der Waals surface area contributed by atoms with Gasteiger partial charge in [-0.25, -0.2) is 4.79 Å². The molecule has 0 aliphatic rings. The molecule has 1 amide bonds. The Morgan fingerprint density at radius 2 is 2.05 bits per heavy atom. The second-order valence-electron chi connectivity index (χ2n) is 4.48. The minimum absolute atomic E-state index is 0.0498. The van der Waals surface area contributed by atoms with Gasteiger partial charge in [0, 0.05) is 25.1 Å². The molecule has 104 valence electrons. The Bertz CT molecular complexity index is 720. The number of amides is 1. The number of carboxylic acids is 1. The summed E-state index contributed by atoms with van der Waals surface area (Å²) in [7, 11) is 0. The summed E-state index contributed by atoms with van der Waals surface area (Å²) in [5.41, 5.74) is 1.03. The van der Waals surface area contributed by atoms with Crippen molar-refractivity contribution in [3.63, 3.8) is 0 Å². The van der Waals surface area contributed by atoms with Crippen molar-refractivity contribution in [2.45, 2.75) is 19.4 Å². The summed E-state index contributed by atoms with van der Waals surface area (Å²) in [6.45, 7) is 1.25. The van der Waals surface area contributed by atoms with Gasteiger partial charge in [-0.3, -0.25) is 9.59 Å². The Kier molecular flexibility index (Phi) is 3.84. The van der Waals surface area contributed by atoms with Crippen LogP contribution in [0.2, 0.25) is 0 Å². The smallest absolute Gasteiger partial charge is 0.326 e. The van der Waals surface area contributed by atoms with E-state index in [1.165, 1.54) is 13.0 Å². The Labute approximate surface area is 114 Å². The van der Waals surface area contributed by atoms with Crippen LogP contribution in [0, 0.1) is 0 Å². The fourth-order valence-electron chi connectivity index (χ4n) is 2.11. The largest absolute Gasteiger partial charge is 0.480 e. The first-order chi connectivity index (χ1) is 9.49. The first-order valence-electron chi connectivity index (χ1n) is 6.08. The van der Waals surface area contributed by atoms with Crippen LogP contribution in [0.1, 0.15) is 12.5 Å². The number of fused-ring (bicyclic) bond motifs is 1. The van der Waals surface area contributed by atoms with Gasteiger partial charge in [-0.2, -0.15) is 0 Å². The molecule has 1 atom stereocenters. The van der Waals surface area contributed by atoms with Gasteiger partial charge in [-0.05, 0) is 17.7 Å². The molecule has 6 heteroatoms. The molecule has 1 unspecified atom stereocenters. The molecule has 0 aliphatic heterocycles. The standard InChI is InChI=1S/C14H14N2O4/c1-8(17)16-11(14(19)20)6-9-7-15-10-4-2-3-5-12(18)13(9)10/h2-5,7,11,15H,6H2,1H3,(H,16,17)(H,19,20). The number of nitrogens with one attached hydrogen (secondary N) is 2. The Morgan fingerprint density at radius 1 is 1.35 bits per heavy atom. The van der Waals surface area contributed by atoms with E-state index in [0.717, 1.165) is 0 Å². The summed E-state index contributed by atoms with van der Waals surface area (Å²) in [5.74, 6) is -1.56. The summed E-state index contributed by atoms with van der Waals surface area (Å²) < 4.78 is 0. The molecule has 6 nitrogen and oxygen atoms in total. The van der Waals surface area contributed by atoms with Crippen LogP contribution in [-0.2, 0) is 16.0 Å². The molecule has 2 rings (SSSR count). The number of rotatable bonds is 4. The van der Waals surface area contributed by atoms with Gasteiger partial charge in [0.15, 0.2) is 5.43 Å². The zero-order valence-corrected chi connectivity index (χ0v) is 10.8. The quantitative estimate of drug-likeness (QED) is 0.762. The summed E-state index contributed by atoms with van der Waals surface area (Å²) in [5, 5.41) is 11.9. The van der Waals surface area contributed by atoms with Crippen LogP contribution in [0.25, 0.3) is 10.9 Å². The number of aromatic amines is 1. The average Bonchev–Trinajstić information content (AvgIpc) is 2.66. The van der Waals surface area contributed by atoms with Crippen molar-refractivity contribution in [2.24, 2.45) is 0 Å². The highest BCUT2D eigenvalue weighted by atomic mass is 16.4. The number of hydrogen-bond donors (Lipinski definition) is 3. The topological polar surface area (TPSA) is 99.3 Å². The molecule has 0 bridgehead atoms. The maximum absolute atomic E-state index is 12.0. The van der Waals surface area contributed by atoms with E-state index in [4.69, 9.17) is 5.11 Å². The monoisotopic (exact) mass is 274 g/mol. The van der Waals surface area contributed by atoms with E-state index in [2.05, 4.69) is 10.3 Å². The molecular weight excluding hydrogens is 260 g/mol. The summed E-state index contributed by atoms with van der Waals surface area (Å²) in [4.78, 5) is 37.1. The van der Waals surface area contributed by atoms with Gasteiger partial charge >= 0.3 is 5.97 Å². The molecule has 0 radical (unpaired) electrons. The van der Waals surface area contributed by atoms with E-state index in [1.54, 1.807) is 24.4 Å². The minimum atomic E-state index is -1.14. The van der Waals surface area contributed by atoms with Crippen molar-refractivity contribution in [3.05, 3.63) is 46.2 Å². The Morgan fingerprint density at radius 3 is 2.70 bits per heavy atom. The third-order valence-corrected chi connectivity index (χ3v) is 2.96. The molecule has 1 aromatic heterocycles. The lowest BCUT2D eigenvalue weighted by Crippen LogP contribution is -2.41. The Hall–Kier alpha value is -2.63. The highest BCUT2D eigenvalue weighted by Crippen LogP contribution is 2.15. The molecule has 0 saturated carbocycles. The third-order valence-electron chi connectivity index (χ3n) is 2.96. The van der Waals surface area contributed by atoms with Crippen LogP contribution >= 0.6 is 0 Å². The van der Waals surface area contributed by atoms with Gasteiger partial charge in [0.1, 0.15) is 6.04 Å². The van der Waals surface area contributed by atoms with Gasteiger partial charge in [0.25, 0.3) is 0 Å². The Balaban J connectivity index is 2.43. The minimum Gasteiger partial charge on any atom is -0.480 e. The first-order valence-corrected chi connectivity index (χ1v) is 6.08. The lowest BCUT2D eigenvalue weighted by Gasteiger charge is -2.12. The molecule has 0 aliphatic carbocycles. The zero-order chi connectivity index (χ0) is 14.7. The number of aliphatic carboxylic acids is 1. The molecule has 0 spiro atoms.